The monoisotopic (exact) mass is 316 g/mol. The van der Waals surface area contributed by atoms with Crippen molar-refractivity contribution in [3.05, 3.63) is 29.0 Å². The Bertz CT molecular complexity index is 461. The molecule has 118 valence electrons. The van der Waals surface area contributed by atoms with E-state index >= 15 is 0 Å². The zero-order valence-electron chi connectivity index (χ0n) is 12.2. The summed E-state index contributed by atoms with van der Waals surface area (Å²) in [5.41, 5.74) is 5.83. The maximum atomic E-state index is 13.0. The van der Waals surface area contributed by atoms with Gasteiger partial charge in [-0.2, -0.15) is 0 Å². The molecule has 0 bridgehead atoms. The van der Waals surface area contributed by atoms with Crippen LogP contribution in [0.25, 0.3) is 0 Å². The van der Waals surface area contributed by atoms with Gasteiger partial charge >= 0.3 is 0 Å². The number of methoxy groups -OCH3 is 1. The number of benzene rings is 1. The highest BCUT2D eigenvalue weighted by molar-refractivity contribution is 6.32. The van der Waals surface area contributed by atoms with E-state index in [1.54, 1.807) is 13.2 Å². The molecule has 2 unspecified atom stereocenters. The van der Waals surface area contributed by atoms with E-state index in [9.17, 15) is 4.39 Å². The van der Waals surface area contributed by atoms with E-state index in [2.05, 4.69) is 4.90 Å². The fraction of sp³-hybridized carbons (Fsp3) is 0.600. The van der Waals surface area contributed by atoms with Gasteiger partial charge in [-0.25, -0.2) is 4.39 Å². The normalized spacial score (nSPS) is 23.2. The number of hydrogen-bond donors (Lipinski definition) is 1. The average molecular weight is 317 g/mol. The second kappa shape index (κ2) is 7.94. The molecule has 2 rings (SSSR count). The number of halogens is 2. The number of nitrogens with zero attached hydrogens (tertiary/aromatic N) is 1. The minimum absolute atomic E-state index is 0.294. The van der Waals surface area contributed by atoms with Crippen molar-refractivity contribution in [1.29, 1.82) is 0 Å². The maximum absolute atomic E-state index is 13.0. The van der Waals surface area contributed by atoms with Gasteiger partial charge in [-0.1, -0.05) is 11.6 Å². The van der Waals surface area contributed by atoms with E-state index in [0.717, 1.165) is 25.9 Å². The van der Waals surface area contributed by atoms with Crippen molar-refractivity contribution in [3.8, 4) is 5.75 Å². The highest BCUT2D eigenvalue weighted by Gasteiger charge is 2.27. The van der Waals surface area contributed by atoms with E-state index in [-0.39, 0.29) is 5.82 Å². The summed E-state index contributed by atoms with van der Waals surface area (Å²) in [4.78, 5) is 2.31. The third-order valence-corrected chi connectivity index (χ3v) is 4.22. The lowest BCUT2D eigenvalue weighted by Crippen LogP contribution is -2.49. The van der Waals surface area contributed by atoms with E-state index in [4.69, 9.17) is 26.8 Å². The van der Waals surface area contributed by atoms with Crippen LogP contribution in [0.5, 0.6) is 5.75 Å². The predicted octanol–water partition coefficient (Wildman–Crippen LogP) is 2.30. The largest absolute Gasteiger partial charge is 0.491 e. The lowest BCUT2D eigenvalue weighted by atomic mass is 9.99. The van der Waals surface area contributed by atoms with Crippen molar-refractivity contribution in [2.24, 2.45) is 5.73 Å². The summed E-state index contributed by atoms with van der Waals surface area (Å²) < 4.78 is 24.0. The molecular formula is C15H22ClFN2O2. The molecule has 1 heterocycles. The number of likely N-dealkylation sites (tertiary alicyclic amines) is 1. The lowest BCUT2D eigenvalue weighted by molar-refractivity contribution is 0.00923. The molecule has 21 heavy (non-hydrogen) atoms. The summed E-state index contributed by atoms with van der Waals surface area (Å²) in [5, 5.41) is 0.295. The number of hydrogen-bond acceptors (Lipinski definition) is 4. The Kier molecular flexibility index (Phi) is 6.23. The van der Waals surface area contributed by atoms with Gasteiger partial charge < -0.3 is 15.2 Å². The van der Waals surface area contributed by atoms with E-state index in [1.165, 1.54) is 12.1 Å². The Morgan fingerprint density at radius 3 is 2.95 bits per heavy atom. The highest BCUT2D eigenvalue weighted by atomic mass is 35.5. The molecule has 0 aromatic heterocycles. The summed E-state index contributed by atoms with van der Waals surface area (Å²) in [5.74, 6) is 0.145. The van der Waals surface area contributed by atoms with Gasteiger partial charge in [0.1, 0.15) is 18.2 Å². The van der Waals surface area contributed by atoms with Crippen LogP contribution in [0.1, 0.15) is 12.8 Å². The Hall–Kier alpha value is -0.880. The quantitative estimate of drug-likeness (QED) is 0.875. The number of piperidine rings is 1. The summed E-state index contributed by atoms with van der Waals surface area (Å²) in [7, 11) is 1.74. The first-order chi connectivity index (χ1) is 10.1. The molecule has 1 aromatic carbocycles. The molecule has 2 N–H and O–H groups in total. The van der Waals surface area contributed by atoms with Gasteiger partial charge in [0, 0.05) is 32.8 Å². The van der Waals surface area contributed by atoms with Crippen LogP contribution in [0.3, 0.4) is 0 Å². The van der Waals surface area contributed by atoms with Gasteiger partial charge in [0.2, 0.25) is 0 Å². The molecule has 1 aliphatic heterocycles. The first kappa shape index (κ1) is 16.5. The zero-order chi connectivity index (χ0) is 15.2. The molecule has 0 aliphatic carbocycles. The molecule has 1 saturated heterocycles. The van der Waals surface area contributed by atoms with Crippen molar-refractivity contribution in [2.45, 2.75) is 25.0 Å². The van der Waals surface area contributed by atoms with Gasteiger partial charge in [-0.3, -0.25) is 4.90 Å². The molecule has 0 radical (unpaired) electrons. The molecule has 6 heteroatoms. The van der Waals surface area contributed by atoms with Gasteiger partial charge in [-0.05, 0) is 31.0 Å². The van der Waals surface area contributed by atoms with E-state index < -0.39 is 0 Å². The van der Waals surface area contributed by atoms with Crippen molar-refractivity contribution in [3.63, 3.8) is 0 Å². The minimum Gasteiger partial charge on any atom is -0.491 e. The molecule has 4 nitrogen and oxygen atoms in total. The summed E-state index contributed by atoms with van der Waals surface area (Å²) >= 11 is 5.93. The van der Waals surface area contributed by atoms with Gasteiger partial charge in [0.25, 0.3) is 0 Å². The molecule has 1 fully saturated rings. The molecule has 0 amide bonds. The van der Waals surface area contributed by atoms with Crippen molar-refractivity contribution in [1.82, 2.24) is 4.90 Å². The van der Waals surface area contributed by atoms with Crippen LogP contribution in [0.4, 0.5) is 4.39 Å². The van der Waals surface area contributed by atoms with Crippen LogP contribution >= 0.6 is 11.6 Å². The van der Waals surface area contributed by atoms with Crippen LogP contribution in [-0.4, -0.2) is 50.4 Å². The van der Waals surface area contributed by atoms with Crippen molar-refractivity contribution >= 4 is 11.6 Å². The van der Waals surface area contributed by atoms with Crippen LogP contribution in [-0.2, 0) is 4.74 Å². The minimum atomic E-state index is -0.364. The van der Waals surface area contributed by atoms with Crippen LogP contribution < -0.4 is 10.5 Å². The first-order valence-corrected chi connectivity index (χ1v) is 7.56. The number of nitrogens with two attached hydrogens (primary N) is 1. The predicted molar refractivity (Wildman–Crippen MR) is 81.4 cm³/mol. The second-order valence-corrected chi connectivity index (χ2v) is 5.64. The average Bonchev–Trinajstić information content (AvgIpc) is 2.49. The zero-order valence-corrected chi connectivity index (χ0v) is 13.0. The number of ether oxygens (including phenoxy) is 2. The molecule has 2 atom stereocenters. The van der Waals surface area contributed by atoms with Crippen molar-refractivity contribution in [2.75, 3.05) is 33.4 Å². The van der Waals surface area contributed by atoms with Gasteiger partial charge in [0.05, 0.1) is 11.1 Å². The highest BCUT2D eigenvalue weighted by Crippen LogP contribution is 2.25. The summed E-state index contributed by atoms with van der Waals surface area (Å²) in [6.07, 6.45) is 2.25. The molecule has 1 aromatic rings. The van der Waals surface area contributed by atoms with Crippen LogP contribution in [0.2, 0.25) is 5.02 Å². The topological polar surface area (TPSA) is 47.7 Å². The van der Waals surface area contributed by atoms with E-state index in [1.807, 2.05) is 0 Å². The molecular weight excluding hydrogens is 295 g/mol. The molecule has 1 aliphatic rings. The lowest BCUT2D eigenvalue weighted by Gasteiger charge is -2.38. The van der Waals surface area contributed by atoms with E-state index in [0.29, 0.717) is 36.1 Å². The molecule has 0 spiro atoms. The Labute approximate surface area is 130 Å². The SMILES string of the molecule is COC1CCN(CCOc2ccc(F)cc2Cl)C(CN)C1. The fourth-order valence-electron chi connectivity index (χ4n) is 2.68. The van der Waals surface area contributed by atoms with Crippen LogP contribution in [0, 0.1) is 5.82 Å². The summed E-state index contributed by atoms with van der Waals surface area (Å²) in [6.45, 7) is 2.82. The standard InChI is InChI=1S/C15H22ClFN2O2/c1-20-13-4-5-19(12(9-13)10-18)6-7-21-15-3-2-11(17)8-14(15)16/h2-3,8,12-13H,4-7,9-10,18H2,1H3. The van der Waals surface area contributed by atoms with Crippen molar-refractivity contribution < 1.29 is 13.9 Å². The smallest absolute Gasteiger partial charge is 0.138 e. The fourth-order valence-corrected chi connectivity index (χ4v) is 2.90. The molecule has 0 saturated carbocycles. The Morgan fingerprint density at radius 2 is 2.29 bits per heavy atom. The Balaban J connectivity index is 1.82. The first-order valence-electron chi connectivity index (χ1n) is 7.18. The maximum Gasteiger partial charge on any atom is 0.138 e. The Morgan fingerprint density at radius 1 is 1.48 bits per heavy atom. The number of rotatable bonds is 6. The summed E-state index contributed by atoms with van der Waals surface area (Å²) in [6, 6.07) is 4.46. The third kappa shape index (κ3) is 4.54. The van der Waals surface area contributed by atoms with Crippen LogP contribution in [0.15, 0.2) is 18.2 Å². The second-order valence-electron chi connectivity index (χ2n) is 5.23. The van der Waals surface area contributed by atoms with Gasteiger partial charge in [-0.15, -0.1) is 0 Å². The van der Waals surface area contributed by atoms with Gasteiger partial charge in [0.15, 0.2) is 0 Å². The third-order valence-electron chi connectivity index (χ3n) is 3.93.